The molecule has 0 aliphatic heterocycles. The third-order valence-electron chi connectivity index (χ3n) is 5.39. The Morgan fingerprint density at radius 3 is 2.38 bits per heavy atom. The molecule has 0 heterocycles. The first kappa shape index (κ1) is 25.6. The average molecular weight is 547 g/mol. The molecule has 3 amide bonds. The number of thiocarbonyl (C=S) groups is 1. The Kier molecular flexibility index (Phi) is 9.41. The average Bonchev–Trinajstić information content (AvgIpc) is 2.84. The highest BCUT2D eigenvalue weighted by molar-refractivity contribution is 9.10. The Morgan fingerprint density at radius 2 is 1.71 bits per heavy atom. The molecule has 2 aromatic carbocycles. The largest absolute Gasteiger partial charge is 0.493 e. The van der Waals surface area contributed by atoms with Crippen LogP contribution in [0.1, 0.15) is 59.7 Å². The number of carbonyl (C=O) groups excluding carboxylic acids is 3. The molecule has 0 unspecified atom stereocenters. The van der Waals surface area contributed by atoms with Crippen molar-refractivity contribution in [2.75, 3.05) is 11.9 Å². The van der Waals surface area contributed by atoms with E-state index in [4.69, 9.17) is 17.0 Å². The molecule has 0 spiro atoms. The fourth-order valence-corrected chi connectivity index (χ4v) is 4.17. The molecule has 180 valence electrons. The second kappa shape index (κ2) is 12.5. The number of rotatable bonds is 6. The van der Waals surface area contributed by atoms with Crippen molar-refractivity contribution in [1.29, 1.82) is 0 Å². The van der Waals surface area contributed by atoms with Crippen LogP contribution in [0.2, 0.25) is 0 Å². The molecule has 34 heavy (non-hydrogen) atoms. The first-order chi connectivity index (χ1) is 16.4. The van der Waals surface area contributed by atoms with Gasteiger partial charge in [0.2, 0.25) is 5.91 Å². The number of carbonyl (C=O) groups is 3. The summed E-state index contributed by atoms with van der Waals surface area (Å²) in [5, 5.41) is 5.35. The van der Waals surface area contributed by atoms with Gasteiger partial charge in [-0.25, -0.2) is 0 Å². The summed E-state index contributed by atoms with van der Waals surface area (Å²) in [6.07, 6.45) is 5.20. The van der Waals surface area contributed by atoms with Crippen LogP contribution in [0.25, 0.3) is 0 Å². The van der Waals surface area contributed by atoms with E-state index in [0.717, 1.165) is 25.7 Å². The van der Waals surface area contributed by atoms with Crippen LogP contribution in [-0.4, -0.2) is 29.4 Å². The normalized spacial score (nSPS) is 13.5. The highest BCUT2D eigenvalue weighted by atomic mass is 79.9. The van der Waals surface area contributed by atoms with E-state index in [2.05, 4.69) is 37.4 Å². The van der Waals surface area contributed by atoms with E-state index >= 15 is 0 Å². The van der Waals surface area contributed by atoms with Crippen molar-refractivity contribution in [3.63, 3.8) is 0 Å². The molecule has 1 fully saturated rings. The smallest absolute Gasteiger partial charge is 0.269 e. The Morgan fingerprint density at radius 1 is 1.00 bits per heavy atom. The van der Waals surface area contributed by atoms with Gasteiger partial charge in [-0.1, -0.05) is 35.2 Å². The summed E-state index contributed by atoms with van der Waals surface area (Å²) in [7, 11) is 0. The van der Waals surface area contributed by atoms with Gasteiger partial charge in [0.05, 0.1) is 12.2 Å². The third-order valence-corrected chi connectivity index (χ3v) is 6.09. The SMILES string of the molecule is CCOc1ccc(Br)cc1C(=O)NC(=S)NNC(=O)c1ccc(NC(=O)C2CCCCC2)cc1. The fourth-order valence-electron chi connectivity index (χ4n) is 3.66. The fraction of sp³-hybridized carbons (Fsp3) is 0.333. The lowest BCUT2D eigenvalue weighted by molar-refractivity contribution is -0.120. The van der Waals surface area contributed by atoms with E-state index in [1.165, 1.54) is 6.42 Å². The lowest BCUT2D eigenvalue weighted by atomic mass is 9.88. The molecule has 3 rings (SSSR count). The summed E-state index contributed by atoms with van der Waals surface area (Å²) in [5.74, 6) is -0.421. The van der Waals surface area contributed by atoms with Gasteiger partial charge in [-0.3, -0.25) is 30.6 Å². The van der Waals surface area contributed by atoms with Gasteiger partial charge < -0.3 is 10.1 Å². The van der Waals surface area contributed by atoms with Gasteiger partial charge in [0.25, 0.3) is 11.8 Å². The van der Waals surface area contributed by atoms with E-state index in [0.29, 0.717) is 33.6 Å². The van der Waals surface area contributed by atoms with Crippen LogP contribution in [0.3, 0.4) is 0 Å². The summed E-state index contributed by atoms with van der Waals surface area (Å²) in [6, 6.07) is 11.6. The van der Waals surface area contributed by atoms with Crippen molar-refractivity contribution in [1.82, 2.24) is 16.2 Å². The molecule has 1 aliphatic rings. The van der Waals surface area contributed by atoms with Crippen LogP contribution >= 0.6 is 28.1 Å². The molecule has 0 bridgehead atoms. The molecular weight excluding hydrogens is 520 g/mol. The quantitative estimate of drug-likeness (QED) is 0.317. The van der Waals surface area contributed by atoms with Gasteiger partial charge in [-0.05, 0) is 74.4 Å². The van der Waals surface area contributed by atoms with Gasteiger partial charge in [-0.2, -0.15) is 0 Å². The zero-order valence-electron chi connectivity index (χ0n) is 18.8. The second-order valence-electron chi connectivity index (χ2n) is 7.84. The lowest BCUT2D eigenvalue weighted by Gasteiger charge is -2.20. The Bertz CT molecular complexity index is 1060. The molecular formula is C24H27BrN4O4S. The summed E-state index contributed by atoms with van der Waals surface area (Å²) in [4.78, 5) is 37.4. The van der Waals surface area contributed by atoms with Crippen molar-refractivity contribution in [3.8, 4) is 5.75 Å². The molecule has 0 saturated heterocycles. The van der Waals surface area contributed by atoms with Crippen molar-refractivity contribution in [3.05, 3.63) is 58.1 Å². The van der Waals surface area contributed by atoms with Gasteiger partial charge in [0, 0.05) is 21.6 Å². The van der Waals surface area contributed by atoms with Gasteiger partial charge in [0.1, 0.15) is 5.75 Å². The number of hydrogen-bond donors (Lipinski definition) is 4. The van der Waals surface area contributed by atoms with Crippen LogP contribution in [0.5, 0.6) is 5.75 Å². The van der Waals surface area contributed by atoms with E-state index in [9.17, 15) is 14.4 Å². The molecule has 0 radical (unpaired) electrons. The summed E-state index contributed by atoms with van der Waals surface area (Å²) >= 11 is 8.44. The van der Waals surface area contributed by atoms with Crippen LogP contribution < -0.4 is 26.2 Å². The number of amides is 3. The van der Waals surface area contributed by atoms with Crippen molar-refractivity contribution in [2.24, 2.45) is 5.92 Å². The molecule has 8 nitrogen and oxygen atoms in total. The first-order valence-corrected chi connectivity index (χ1v) is 12.3. The zero-order valence-corrected chi connectivity index (χ0v) is 21.2. The van der Waals surface area contributed by atoms with E-state index in [-0.39, 0.29) is 16.9 Å². The zero-order chi connectivity index (χ0) is 24.5. The van der Waals surface area contributed by atoms with E-state index < -0.39 is 11.8 Å². The molecule has 4 N–H and O–H groups in total. The maximum Gasteiger partial charge on any atom is 0.269 e. The minimum atomic E-state index is -0.477. The van der Waals surface area contributed by atoms with Gasteiger partial charge in [-0.15, -0.1) is 0 Å². The molecule has 1 aliphatic carbocycles. The van der Waals surface area contributed by atoms with Crippen molar-refractivity contribution < 1.29 is 19.1 Å². The van der Waals surface area contributed by atoms with E-state index in [1.54, 1.807) is 42.5 Å². The predicted molar refractivity (Wildman–Crippen MR) is 138 cm³/mol. The van der Waals surface area contributed by atoms with Crippen molar-refractivity contribution >= 4 is 56.7 Å². The van der Waals surface area contributed by atoms with Crippen LogP contribution in [-0.2, 0) is 4.79 Å². The number of nitrogens with one attached hydrogen (secondary N) is 4. The predicted octanol–water partition coefficient (Wildman–Crippen LogP) is 4.32. The summed E-state index contributed by atoms with van der Waals surface area (Å²) in [5.41, 5.74) is 6.27. The number of halogens is 1. The van der Waals surface area contributed by atoms with Gasteiger partial charge in [0.15, 0.2) is 5.11 Å². The third kappa shape index (κ3) is 7.26. The maximum atomic E-state index is 12.6. The number of hydrazine groups is 1. The highest BCUT2D eigenvalue weighted by Gasteiger charge is 2.21. The first-order valence-electron chi connectivity index (χ1n) is 11.1. The topological polar surface area (TPSA) is 109 Å². The number of hydrogen-bond acceptors (Lipinski definition) is 5. The Hall–Kier alpha value is -2.98. The molecule has 1 saturated carbocycles. The van der Waals surface area contributed by atoms with Crippen LogP contribution in [0.4, 0.5) is 5.69 Å². The maximum absolute atomic E-state index is 12.6. The van der Waals surface area contributed by atoms with Crippen LogP contribution in [0, 0.1) is 5.92 Å². The van der Waals surface area contributed by atoms with Crippen molar-refractivity contribution in [2.45, 2.75) is 39.0 Å². The van der Waals surface area contributed by atoms with Crippen LogP contribution in [0.15, 0.2) is 46.9 Å². The van der Waals surface area contributed by atoms with E-state index in [1.807, 2.05) is 6.92 Å². The number of anilines is 1. The standard InChI is InChI=1S/C24H27BrN4O4S/c1-2-33-20-13-10-17(25)14-19(20)23(32)27-24(34)29-28-22(31)16-8-11-18(12-9-16)26-21(30)15-6-4-3-5-7-15/h8-15H,2-7H2,1H3,(H,26,30)(H,28,31)(H2,27,29,32,34). The molecule has 0 atom stereocenters. The summed E-state index contributed by atoms with van der Waals surface area (Å²) in [6.45, 7) is 2.23. The number of ether oxygens (including phenoxy) is 1. The highest BCUT2D eigenvalue weighted by Crippen LogP contribution is 2.25. The lowest BCUT2D eigenvalue weighted by Crippen LogP contribution is -2.48. The Balaban J connectivity index is 1.49. The minimum absolute atomic E-state index is 0.0256. The molecule has 2 aromatic rings. The Labute approximate surface area is 212 Å². The second-order valence-corrected chi connectivity index (χ2v) is 9.16. The van der Waals surface area contributed by atoms with Gasteiger partial charge >= 0.3 is 0 Å². The minimum Gasteiger partial charge on any atom is -0.493 e. The molecule has 10 heteroatoms. The number of benzene rings is 2. The summed E-state index contributed by atoms with van der Waals surface area (Å²) < 4.78 is 6.19. The monoisotopic (exact) mass is 546 g/mol. The molecule has 0 aromatic heterocycles.